The van der Waals surface area contributed by atoms with E-state index in [0.29, 0.717) is 16.4 Å². The Balaban J connectivity index is 1.65. The molecule has 0 radical (unpaired) electrons. The predicted molar refractivity (Wildman–Crippen MR) is 153 cm³/mol. The van der Waals surface area contributed by atoms with Crippen molar-refractivity contribution in [3.63, 3.8) is 0 Å². The normalized spacial score (nSPS) is 16.8. The highest BCUT2D eigenvalue weighted by Crippen LogP contribution is 2.46. The molecule has 1 aromatic heterocycles. The molecule has 4 aromatic rings. The first-order valence-corrected chi connectivity index (χ1v) is 14.8. The highest BCUT2D eigenvalue weighted by molar-refractivity contribution is 7.93. The van der Waals surface area contributed by atoms with Crippen LogP contribution in [0.3, 0.4) is 0 Å². The van der Waals surface area contributed by atoms with Gasteiger partial charge in [-0.05, 0) is 54.1 Å². The Morgan fingerprint density at radius 1 is 0.976 bits per heavy atom. The van der Waals surface area contributed by atoms with Crippen LogP contribution in [0, 0.1) is 10.1 Å². The largest absolute Gasteiger partial charge is 0.507 e. The molecular formula is C26H14Cl3N3O7S2. The Morgan fingerprint density at radius 2 is 1.61 bits per heavy atom. The molecule has 15 heteroatoms. The Morgan fingerprint density at radius 3 is 2.22 bits per heavy atom. The fraction of sp³-hybridized carbons (Fsp3) is 0.0385. The summed E-state index contributed by atoms with van der Waals surface area (Å²) in [6.07, 6.45) is 1.01. The minimum Gasteiger partial charge on any atom is -0.507 e. The van der Waals surface area contributed by atoms with Crippen molar-refractivity contribution in [1.29, 1.82) is 0 Å². The monoisotopic (exact) mass is 649 g/mol. The fourth-order valence-electron chi connectivity index (χ4n) is 4.16. The number of non-ortho nitro benzene ring substituents is 1. The van der Waals surface area contributed by atoms with Gasteiger partial charge in [-0.25, -0.2) is 13.4 Å². The van der Waals surface area contributed by atoms with Crippen molar-refractivity contribution in [3.8, 4) is 0 Å². The molecular weight excluding hydrogens is 637 g/mol. The summed E-state index contributed by atoms with van der Waals surface area (Å²) in [6, 6.07) is 13.2. The second kappa shape index (κ2) is 10.9. The fourth-order valence-corrected chi connectivity index (χ4v) is 7.34. The van der Waals surface area contributed by atoms with Gasteiger partial charge in [-0.15, -0.1) is 0 Å². The van der Waals surface area contributed by atoms with E-state index in [-0.39, 0.29) is 46.7 Å². The number of halogens is 3. The number of anilines is 1. The topological polar surface area (TPSA) is 148 Å². The molecule has 10 nitrogen and oxygen atoms in total. The third kappa shape index (κ3) is 5.20. The van der Waals surface area contributed by atoms with Crippen LogP contribution in [0.1, 0.15) is 17.2 Å². The molecule has 0 saturated carbocycles. The Bertz CT molecular complexity index is 1870. The minimum absolute atomic E-state index is 0.0756. The smallest absolute Gasteiger partial charge is 0.301 e. The van der Waals surface area contributed by atoms with Crippen LogP contribution in [0.5, 0.6) is 0 Å². The van der Waals surface area contributed by atoms with Crippen molar-refractivity contribution in [2.45, 2.75) is 15.1 Å². The second-order valence-corrected chi connectivity index (χ2v) is 13.0. The zero-order valence-corrected chi connectivity index (χ0v) is 24.1. The molecule has 1 atom stereocenters. The minimum atomic E-state index is -4.20. The van der Waals surface area contributed by atoms with E-state index in [1.807, 2.05) is 0 Å². The van der Waals surface area contributed by atoms with Gasteiger partial charge in [-0.1, -0.05) is 52.2 Å². The summed E-state index contributed by atoms with van der Waals surface area (Å²) in [5.74, 6) is -2.64. The van der Waals surface area contributed by atoms with Crippen LogP contribution in [-0.2, 0) is 19.4 Å². The average molecular weight is 651 g/mol. The first-order valence-electron chi connectivity index (χ1n) is 11.4. The van der Waals surface area contributed by atoms with Gasteiger partial charge in [0.05, 0.1) is 27.6 Å². The highest BCUT2D eigenvalue weighted by Gasteiger charge is 2.49. The number of carbonyl (C=O) groups excluding carboxylic acids is 2. The summed E-state index contributed by atoms with van der Waals surface area (Å²) < 4.78 is 26.2. The molecule has 0 unspecified atom stereocenters. The number of carbonyl (C=O) groups is 2. The third-order valence-corrected chi connectivity index (χ3v) is 10.2. The van der Waals surface area contributed by atoms with Gasteiger partial charge in [-0.2, -0.15) is 0 Å². The van der Waals surface area contributed by atoms with Crippen LogP contribution in [0.4, 0.5) is 10.8 Å². The summed E-state index contributed by atoms with van der Waals surface area (Å²) in [5, 5.41) is 22.7. The van der Waals surface area contributed by atoms with Gasteiger partial charge in [0.25, 0.3) is 11.5 Å². The van der Waals surface area contributed by atoms with E-state index < -0.39 is 38.3 Å². The maximum Gasteiger partial charge on any atom is 0.301 e. The van der Waals surface area contributed by atoms with E-state index in [1.165, 1.54) is 42.5 Å². The average Bonchev–Trinajstić information content (AvgIpc) is 3.52. The standard InChI is InChI=1S/C26H14Cl3N3O7S2/c27-14-3-1-13(2-4-14)23(33)21-22(18-10-5-15(28)11-19(18)29)31(25(35)24(21)34)26-30-12-20(40-26)41(38,39)17-8-6-16(7-9-17)32(36)37/h1-12,22,33H/t22-/m0/s1. The number of nitro benzene ring substituents is 1. The lowest BCUT2D eigenvalue weighted by molar-refractivity contribution is -0.384. The number of nitrogens with zero attached hydrogens (tertiary/aromatic N) is 3. The lowest BCUT2D eigenvalue weighted by Gasteiger charge is -2.24. The molecule has 0 aliphatic carbocycles. The van der Waals surface area contributed by atoms with E-state index in [0.717, 1.165) is 35.4 Å². The number of aliphatic hydroxyl groups is 1. The number of aliphatic hydroxyl groups excluding tert-OH is 1. The number of sulfone groups is 1. The quantitative estimate of drug-likeness (QED) is 0.0821. The van der Waals surface area contributed by atoms with Gasteiger partial charge in [0.1, 0.15) is 9.97 Å². The van der Waals surface area contributed by atoms with E-state index in [2.05, 4.69) is 4.98 Å². The zero-order chi connectivity index (χ0) is 29.6. The van der Waals surface area contributed by atoms with Crippen molar-refractivity contribution in [2.75, 3.05) is 4.90 Å². The Labute approximate surface area is 251 Å². The van der Waals surface area contributed by atoms with Crippen molar-refractivity contribution in [3.05, 3.63) is 115 Å². The predicted octanol–water partition coefficient (Wildman–Crippen LogP) is 6.47. The molecule has 1 N–H and O–H groups in total. The lowest BCUT2D eigenvalue weighted by Crippen LogP contribution is -2.29. The van der Waals surface area contributed by atoms with Gasteiger partial charge in [0.15, 0.2) is 5.13 Å². The van der Waals surface area contributed by atoms with E-state index in [4.69, 9.17) is 34.8 Å². The van der Waals surface area contributed by atoms with Gasteiger partial charge in [0, 0.05) is 32.8 Å². The molecule has 5 rings (SSSR count). The van der Waals surface area contributed by atoms with Crippen molar-refractivity contribution in [1.82, 2.24) is 4.98 Å². The van der Waals surface area contributed by atoms with E-state index in [9.17, 15) is 33.2 Å². The van der Waals surface area contributed by atoms with E-state index in [1.54, 1.807) is 0 Å². The summed E-state index contributed by atoms with van der Waals surface area (Å²) in [6.45, 7) is 0. The molecule has 1 saturated heterocycles. The number of ketones is 1. The Kier molecular flexibility index (Phi) is 7.62. The van der Waals surface area contributed by atoms with Crippen LogP contribution in [0.25, 0.3) is 5.76 Å². The van der Waals surface area contributed by atoms with Gasteiger partial charge in [0.2, 0.25) is 9.84 Å². The summed E-state index contributed by atoms with van der Waals surface area (Å²) in [5.41, 5.74) is -0.182. The van der Waals surface area contributed by atoms with Crippen LogP contribution in [0.2, 0.25) is 15.1 Å². The van der Waals surface area contributed by atoms with Crippen LogP contribution < -0.4 is 4.90 Å². The molecule has 1 aliphatic rings. The second-order valence-electron chi connectivity index (χ2n) is 8.56. The molecule has 41 heavy (non-hydrogen) atoms. The molecule has 1 amide bonds. The number of rotatable bonds is 6. The van der Waals surface area contributed by atoms with Gasteiger partial charge in [-0.3, -0.25) is 24.6 Å². The number of aromatic nitrogens is 1. The molecule has 2 heterocycles. The number of Topliss-reactive ketones (excluding diaryl/α,β-unsaturated/α-hetero) is 1. The number of benzene rings is 3. The highest BCUT2D eigenvalue weighted by atomic mass is 35.5. The molecule has 0 bridgehead atoms. The number of nitro groups is 1. The molecule has 1 aliphatic heterocycles. The van der Waals surface area contributed by atoms with Gasteiger partial charge < -0.3 is 5.11 Å². The maximum atomic E-state index is 13.4. The first kappa shape index (κ1) is 28.7. The summed E-state index contributed by atoms with van der Waals surface area (Å²) in [7, 11) is -4.20. The number of amides is 1. The van der Waals surface area contributed by atoms with Crippen molar-refractivity contribution >= 4 is 84.2 Å². The van der Waals surface area contributed by atoms with Crippen LogP contribution in [0.15, 0.2) is 87.6 Å². The molecule has 1 fully saturated rings. The van der Waals surface area contributed by atoms with Crippen LogP contribution in [-0.4, -0.2) is 35.1 Å². The summed E-state index contributed by atoms with van der Waals surface area (Å²) >= 11 is 19.1. The first-order chi connectivity index (χ1) is 19.4. The molecule has 3 aromatic carbocycles. The van der Waals surface area contributed by atoms with Crippen molar-refractivity contribution in [2.24, 2.45) is 0 Å². The van der Waals surface area contributed by atoms with Gasteiger partial charge >= 0.3 is 5.91 Å². The SMILES string of the molecule is O=C1C(=O)N(c2ncc(S(=O)(=O)c3ccc([N+](=O)[O-])cc3)s2)[C@@H](c2ccc(Cl)cc2Cl)C1=C(O)c1ccc(Cl)cc1. The third-order valence-electron chi connectivity index (χ3n) is 6.12. The lowest BCUT2D eigenvalue weighted by atomic mass is 9.95. The maximum absolute atomic E-state index is 13.4. The number of hydrogen-bond donors (Lipinski definition) is 1. The Hall–Kier alpha value is -3.81. The van der Waals surface area contributed by atoms with Crippen LogP contribution >= 0.6 is 46.1 Å². The molecule has 0 spiro atoms. The summed E-state index contributed by atoms with van der Waals surface area (Å²) in [4.78, 5) is 41.9. The molecule has 208 valence electrons. The zero-order valence-electron chi connectivity index (χ0n) is 20.2. The number of hydrogen-bond acceptors (Lipinski definition) is 9. The number of thiazole rings is 1. The van der Waals surface area contributed by atoms with Crippen molar-refractivity contribution < 1.29 is 28.0 Å². The van der Waals surface area contributed by atoms with E-state index >= 15 is 0 Å².